The molecule has 0 bridgehead atoms. The number of hydrogen-bond acceptors (Lipinski definition) is 4. The van der Waals surface area contributed by atoms with Gasteiger partial charge in [-0.3, -0.25) is 4.79 Å². The molecule has 0 fully saturated rings. The van der Waals surface area contributed by atoms with Crippen LogP contribution in [0.2, 0.25) is 0 Å². The fraction of sp³-hybridized carbons (Fsp3) is 0.720. The molecule has 0 amide bonds. The first-order valence-corrected chi connectivity index (χ1v) is 11.5. The Kier molecular flexibility index (Phi) is 11.2. The predicted molar refractivity (Wildman–Crippen MR) is 123 cm³/mol. The number of carbonyl (C=O) groups excluding carboxylic acids is 1. The second kappa shape index (κ2) is 12.8. The number of phenols is 1. The summed E-state index contributed by atoms with van der Waals surface area (Å²) in [4.78, 5) is 14.3. The topological polar surface area (TPSA) is 49.8 Å². The minimum Gasteiger partial charge on any atom is -0.505 e. The van der Waals surface area contributed by atoms with Crippen LogP contribution in [0.4, 0.5) is 5.69 Å². The Bertz CT molecular complexity index is 615. The van der Waals surface area contributed by atoms with E-state index in [4.69, 9.17) is 4.74 Å². The predicted octanol–water partition coefficient (Wildman–Crippen LogP) is 6.37. The molecule has 29 heavy (non-hydrogen) atoms. The molecule has 1 rings (SSSR count). The van der Waals surface area contributed by atoms with Gasteiger partial charge in [0.2, 0.25) is 0 Å². The lowest BCUT2D eigenvalue weighted by Gasteiger charge is -2.28. The molecule has 1 aromatic rings. The van der Waals surface area contributed by atoms with Crippen LogP contribution in [0.3, 0.4) is 0 Å². The van der Waals surface area contributed by atoms with Crippen LogP contribution in [0, 0.1) is 0 Å². The van der Waals surface area contributed by atoms with Gasteiger partial charge in [-0.15, -0.1) is 0 Å². The van der Waals surface area contributed by atoms with E-state index in [1.165, 1.54) is 25.7 Å². The minimum absolute atomic E-state index is 0.131. The molecule has 1 aromatic carbocycles. The molecule has 4 nitrogen and oxygen atoms in total. The van der Waals surface area contributed by atoms with E-state index in [9.17, 15) is 9.90 Å². The van der Waals surface area contributed by atoms with E-state index in [-0.39, 0.29) is 11.4 Å². The van der Waals surface area contributed by atoms with Crippen molar-refractivity contribution in [2.45, 2.75) is 98.3 Å². The molecular weight excluding hydrogens is 362 g/mol. The summed E-state index contributed by atoms with van der Waals surface area (Å²) in [5.41, 5.74) is 2.70. The molecule has 0 spiro atoms. The fourth-order valence-corrected chi connectivity index (χ4v) is 3.59. The first-order valence-electron chi connectivity index (χ1n) is 11.5. The first-order chi connectivity index (χ1) is 13.7. The van der Waals surface area contributed by atoms with Crippen molar-refractivity contribution in [1.82, 2.24) is 0 Å². The number of benzene rings is 1. The maximum atomic E-state index is 12.1. The number of nitrogens with zero attached hydrogens (tertiary/aromatic N) is 1. The number of hydrogen-bond donors (Lipinski definition) is 1. The molecule has 0 radical (unpaired) electrons. The van der Waals surface area contributed by atoms with Crippen LogP contribution in [-0.2, 0) is 21.4 Å². The zero-order valence-electron chi connectivity index (χ0n) is 19.6. The maximum absolute atomic E-state index is 12.1. The van der Waals surface area contributed by atoms with Gasteiger partial charge < -0.3 is 14.7 Å². The minimum atomic E-state index is -0.166. The van der Waals surface area contributed by atoms with Crippen molar-refractivity contribution in [2.24, 2.45) is 0 Å². The van der Waals surface area contributed by atoms with Crippen molar-refractivity contribution in [2.75, 3.05) is 24.6 Å². The average Bonchev–Trinajstić information content (AvgIpc) is 2.67. The summed E-state index contributed by atoms with van der Waals surface area (Å²) in [6, 6.07) is 4.07. The largest absolute Gasteiger partial charge is 0.505 e. The molecule has 0 atom stereocenters. The third kappa shape index (κ3) is 8.67. The van der Waals surface area contributed by atoms with Crippen LogP contribution in [0.5, 0.6) is 5.75 Å². The third-order valence-electron chi connectivity index (χ3n) is 5.44. The van der Waals surface area contributed by atoms with Crippen LogP contribution in [0.1, 0.15) is 97.6 Å². The standard InChI is InChI=1S/C25H43NO3/c1-7-10-11-12-13-14-17-29-23(27)16-15-20-18-21(25(4,5)6)24(28)22(19-20)26(8-2)9-3/h18-19,28H,7-17H2,1-6H3. The van der Waals surface area contributed by atoms with Crippen LogP contribution in [0.15, 0.2) is 12.1 Å². The summed E-state index contributed by atoms with van der Waals surface area (Å²) in [6.45, 7) is 14.9. The van der Waals surface area contributed by atoms with Gasteiger partial charge >= 0.3 is 5.97 Å². The zero-order chi connectivity index (χ0) is 21.9. The van der Waals surface area contributed by atoms with E-state index >= 15 is 0 Å². The summed E-state index contributed by atoms with van der Waals surface area (Å²) in [6.07, 6.45) is 8.13. The fourth-order valence-electron chi connectivity index (χ4n) is 3.59. The van der Waals surface area contributed by atoms with Gasteiger partial charge in [-0.2, -0.15) is 0 Å². The second-order valence-electron chi connectivity index (χ2n) is 8.92. The highest BCUT2D eigenvalue weighted by Crippen LogP contribution is 2.39. The summed E-state index contributed by atoms with van der Waals surface area (Å²) >= 11 is 0. The Morgan fingerprint density at radius 2 is 1.62 bits per heavy atom. The van der Waals surface area contributed by atoms with Gasteiger partial charge in [-0.05, 0) is 43.7 Å². The van der Waals surface area contributed by atoms with Crippen LogP contribution in [-0.4, -0.2) is 30.8 Å². The number of unbranched alkanes of at least 4 members (excludes halogenated alkanes) is 5. The Balaban J connectivity index is 2.69. The Morgan fingerprint density at radius 3 is 2.21 bits per heavy atom. The monoisotopic (exact) mass is 405 g/mol. The lowest BCUT2D eigenvalue weighted by atomic mass is 9.84. The van der Waals surface area contributed by atoms with Crippen molar-refractivity contribution in [3.05, 3.63) is 23.3 Å². The summed E-state index contributed by atoms with van der Waals surface area (Å²) < 4.78 is 5.41. The SMILES string of the molecule is CCCCCCCCOC(=O)CCc1cc(N(CC)CC)c(O)c(C(C)(C)C)c1. The van der Waals surface area contributed by atoms with E-state index in [0.717, 1.165) is 42.7 Å². The molecule has 0 saturated heterocycles. The maximum Gasteiger partial charge on any atom is 0.306 e. The van der Waals surface area contributed by atoms with Gasteiger partial charge in [0.1, 0.15) is 5.75 Å². The van der Waals surface area contributed by atoms with Gasteiger partial charge in [0, 0.05) is 25.1 Å². The number of aryl methyl sites for hydroxylation is 1. The molecule has 0 aromatic heterocycles. The number of esters is 1. The van der Waals surface area contributed by atoms with E-state index in [2.05, 4.69) is 46.4 Å². The lowest BCUT2D eigenvalue weighted by Crippen LogP contribution is -2.23. The van der Waals surface area contributed by atoms with Crippen molar-refractivity contribution in [3.63, 3.8) is 0 Å². The zero-order valence-corrected chi connectivity index (χ0v) is 19.6. The molecule has 0 aliphatic rings. The molecule has 0 saturated carbocycles. The highest BCUT2D eigenvalue weighted by Gasteiger charge is 2.23. The smallest absolute Gasteiger partial charge is 0.306 e. The molecule has 1 N–H and O–H groups in total. The quantitative estimate of drug-likeness (QED) is 0.306. The van der Waals surface area contributed by atoms with E-state index in [0.29, 0.717) is 25.2 Å². The number of ether oxygens (including phenoxy) is 1. The molecule has 4 heteroatoms. The molecule has 0 unspecified atom stereocenters. The van der Waals surface area contributed by atoms with Crippen LogP contribution in [0.25, 0.3) is 0 Å². The van der Waals surface area contributed by atoms with Crippen molar-refractivity contribution >= 4 is 11.7 Å². The summed E-state index contributed by atoms with van der Waals surface area (Å²) in [5.74, 6) is 0.226. The normalized spacial score (nSPS) is 11.5. The van der Waals surface area contributed by atoms with Crippen molar-refractivity contribution < 1.29 is 14.6 Å². The van der Waals surface area contributed by atoms with Crippen molar-refractivity contribution in [1.29, 1.82) is 0 Å². The molecule has 0 aliphatic carbocycles. The average molecular weight is 406 g/mol. The lowest BCUT2D eigenvalue weighted by molar-refractivity contribution is -0.143. The van der Waals surface area contributed by atoms with Gasteiger partial charge in [0.25, 0.3) is 0 Å². The summed E-state index contributed by atoms with van der Waals surface area (Å²) in [7, 11) is 0. The molecule has 0 heterocycles. The number of rotatable bonds is 13. The van der Waals surface area contributed by atoms with Gasteiger partial charge in [0.15, 0.2) is 0 Å². The molecular formula is C25H43NO3. The Morgan fingerprint density at radius 1 is 1.00 bits per heavy atom. The Hall–Kier alpha value is -1.71. The van der Waals surface area contributed by atoms with Crippen LogP contribution < -0.4 is 4.90 Å². The second-order valence-corrected chi connectivity index (χ2v) is 8.92. The van der Waals surface area contributed by atoms with E-state index in [1.807, 2.05) is 12.1 Å². The Labute approximate surface area is 178 Å². The molecule has 0 aliphatic heterocycles. The van der Waals surface area contributed by atoms with Crippen molar-refractivity contribution in [3.8, 4) is 5.75 Å². The highest BCUT2D eigenvalue weighted by molar-refractivity contribution is 5.70. The molecule has 166 valence electrons. The van der Waals surface area contributed by atoms with E-state index in [1.54, 1.807) is 0 Å². The van der Waals surface area contributed by atoms with Crippen LogP contribution >= 0.6 is 0 Å². The van der Waals surface area contributed by atoms with Gasteiger partial charge in [-0.1, -0.05) is 65.9 Å². The number of aromatic hydroxyl groups is 1. The third-order valence-corrected chi connectivity index (χ3v) is 5.44. The highest BCUT2D eigenvalue weighted by atomic mass is 16.5. The number of phenolic OH excluding ortho intramolecular Hbond substituents is 1. The van der Waals surface area contributed by atoms with Gasteiger partial charge in [0.05, 0.1) is 12.3 Å². The van der Waals surface area contributed by atoms with E-state index < -0.39 is 0 Å². The first kappa shape index (κ1) is 25.3. The van der Waals surface area contributed by atoms with Gasteiger partial charge in [-0.25, -0.2) is 0 Å². The summed E-state index contributed by atoms with van der Waals surface area (Å²) in [5, 5.41) is 10.8. The number of carbonyl (C=O) groups is 1. The number of anilines is 1.